The van der Waals surface area contributed by atoms with E-state index in [-0.39, 0.29) is 29.3 Å². The molecular weight excluding hydrogens is 397 g/mol. The quantitative estimate of drug-likeness (QED) is 0.725. The second-order valence-electron chi connectivity index (χ2n) is 8.08. The number of amides is 2. The van der Waals surface area contributed by atoms with Crippen molar-refractivity contribution < 1.29 is 19.1 Å². The number of rotatable bonds is 5. The molecule has 31 heavy (non-hydrogen) atoms. The predicted molar refractivity (Wildman–Crippen MR) is 117 cm³/mol. The molecule has 2 amide bonds. The maximum Gasteiger partial charge on any atom is 0.237 e. The van der Waals surface area contributed by atoms with Gasteiger partial charge in [-0.15, -0.1) is 0 Å². The molecule has 1 atom stereocenters. The first-order chi connectivity index (χ1) is 15.0. The summed E-state index contributed by atoms with van der Waals surface area (Å²) in [7, 11) is 0. The molecule has 2 aliphatic heterocycles. The van der Waals surface area contributed by atoms with Gasteiger partial charge in [0, 0.05) is 25.3 Å². The van der Waals surface area contributed by atoms with Crippen molar-refractivity contribution in [3.8, 4) is 5.75 Å². The largest absolute Gasteiger partial charge is 0.508 e. The monoisotopic (exact) mass is 423 g/mol. The van der Waals surface area contributed by atoms with E-state index in [1.807, 2.05) is 15.9 Å². The lowest BCUT2D eigenvalue weighted by atomic mass is 9.99. The Morgan fingerprint density at radius 1 is 1.06 bits per heavy atom. The smallest absolute Gasteiger partial charge is 0.237 e. The summed E-state index contributed by atoms with van der Waals surface area (Å²) in [5, 5.41) is 12.2. The first-order valence-electron chi connectivity index (χ1n) is 10.5. The van der Waals surface area contributed by atoms with E-state index in [0.717, 1.165) is 17.6 Å². The SMILES string of the molecule is O=C(Nc1ccc(O)cc1)C1CCN(CC(=O)N2CC=C(c3ccc(F)cc3)CC2)C1. The lowest BCUT2D eigenvalue weighted by Crippen LogP contribution is -2.41. The topological polar surface area (TPSA) is 72.9 Å². The Labute approximate surface area is 181 Å². The minimum Gasteiger partial charge on any atom is -0.508 e. The molecule has 6 nitrogen and oxygen atoms in total. The fourth-order valence-electron chi connectivity index (χ4n) is 4.09. The zero-order valence-electron chi connectivity index (χ0n) is 17.3. The number of phenolic OH excluding ortho intramolecular Hbond substituents is 1. The fourth-order valence-corrected chi connectivity index (χ4v) is 4.09. The van der Waals surface area contributed by atoms with Crippen LogP contribution in [0.25, 0.3) is 5.57 Å². The molecule has 0 aliphatic carbocycles. The summed E-state index contributed by atoms with van der Waals surface area (Å²) in [6.07, 6.45) is 3.49. The standard InChI is InChI=1S/C24H26FN3O3/c25-20-3-1-17(2-4-20)18-10-13-28(14-11-18)23(30)16-27-12-9-19(15-27)24(31)26-21-5-7-22(29)8-6-21/h1-8,10,19,29H,9,11-16H2,(H,26,31). The highest BCUT2D eigenvalue weighted by Crippen LogP contribution is 2.24. The number of hydrogen-bond donors (Lipinski definition) is 2. The van der Waals surface area contributed by atoms with Gasteiger partial charge in [-0.2, -0.15) is 0 Å². The highest BCUT2D eigenvalue weighted by Gasteiger charge is 2.30. The van der Waals surface area contributed by atoms with Crippen LogP contribution in [-0.2, 0) is 9.59 Å². The van der Waals surface area contributed by atoms with Crippen LogP contribution in [0.15, 0.2) is 54.6 Å². The van der Waals surface area contributed by atoms with Crippen molar-refractivity contribution >= 4 is 23.1 Å². The van der Waals surface area contributed by atoms with Crippen molar-refractivity contribution in [1.82, 2.24) is 9.80 Å². The average Bonchev–Trinajstić information content (AvgIpc) is 3.25. The third-order valence-electron chi connectivity index (χ3n) is 5.91. The lowest BCUT2D eigenvalue weighted by Gasteiger charge is -2.28. The molecule has 0 saturated carbocycles. The third-order valence-corrected chi connectivity index (χ3v) is 5.91. The lowest BCUT2D eigenvalue weighted by molar-refractivity contribution is -0.132. The number of nitrogens with zero attached hydrogens (tertiary/aromatic N) is 2. The Morgan fingerprint density at radius 3 is 2.48 bits per heavy atom. The molecule has 1 fully saturated rings. The molecule has 2 aromatic carbocycles. The summed E-state index contributed by atoms with van der Waals surface area (Å²) in [6.45, 7) is 2.76. The number of halogens is 1. The highest BCUT2D eigenvalue weighted by molar-refractivity contribution is 5.93. The van der Waals surface area contributed by atoms with Crippen LogP contribution in [0.5, 0.6) is 5.75 Å². The summed E-state index contributed by atoms with van der Waals surface area (Å²) in [5.41, 5.74) is 2.78. The second kappa shape index (κ2) is 9.31. The fraction of sp³-hybridized carbons (Fsp3) is 0.333. The van der Waals surface area contributed by atoms with Crippen LogP contribution in [0, 0.1) is 11.7 Å². The van der Waals surface area contributed by atoms with Gasteiger partial charge in [-0.05, 0) is 66.9 Å². The molecule has 2 aromatic rings. The number of carbonyl (C=O) groups is 2. The second-order valence-corrected chi connectivity index (χ2v) is 8.08. The molecule has 2 N–H and O–H groups in total. The Morgan fingerprint density at radius 2 is 1.81 bits per heavy atom. The first-order valence-corrected chi connectivity index (χ1v) is 10.5. The zero-order chi connectivity index (χ0) is 21.8. The summed E-state index contributed by atoms with van der Waals surface area (Å²) in [5.74, 6) is -0.258. The van der Waals surface area contributed by atoms with Crippen LogP contribution in [0.2, 0.25) is 0 Å². The number of nitrogens with one attached hydrogen (secondary N) is 1. The van der Waals surface area contributed by atoms with Gasteiger partial charge < -0.3 is 15.3 Å². The van der Waals surface area contributed by atoms with Crippen molar-refractivity contribution in [3.63, 3.8) is 0 Å². The minimum atomic E-state index is -0.252. The van der Waals surface area contributed by atoms with Crippen LogP contribution >= 0.6 is 0 Å². The molecule has 7 heteroatoms. The van der Waals surface area contributed by atoms with Crippen molar-refractivity contribution in [3.05, 3.63) is 66.0 Å². The van der Waals surface area contributed by atoms with E-state index in [0.29, 0.717) is 44.8 Å². The summed E-state index contributed by atoms with van der Waals surface area (Å²) < 4.78 is 13.1. The van der Waals surface area contributed by atoms with Crippen LogP contribution in [-0.4, -0.2) is 59.4 Å². The highest BCUT2D eigenvalue weighted by atomic mass is 19.1. The molecule has 0 spiro atoms. The van der Waals surface area contributed by atoms with Crippen LogP contribution in [0.4, 0.5) is 10.1 Å². The van der Waals surface area contributed by atoms with Crippen LogP contribution in [0.3, 0.4) is 0 Å². The molecule has 0 radical (unpaired) electrons. The number of phenols is 1. The Bertz CT molecular complexity index is 973. The van der Waals surface area contributed by atoms with Crippen molar-refractivity contribution in [2.24, 2.45) is 5.92 Å². The summed E-state index contributed by atoms with van der Waals surface area (Å²) in [6, 6.07) is 12.8. The van der Waals surface area contributed by atoms with E-state index in [1.165, 1.54) is 24.3 Å². The van der Waals surface area contributed by atoms with E-state index in [9.17, 15) is 19.1 Å². The number of likely N-dealkylation sites (tertiary alicyclic amines) is 1. The number of aromatic hydroxyl groups is 1. The van der Waals surface area contributed by atoms with Crippen LogP contribution in [0.1, 0.15) is 18.4 Å². The molecule has 0 bridgehead atoms. The maximum atomic E-state index is 13.1. The summed E-state index contributed by atoms with van der Waals surface area (Å²) in [4.78, 5) is 29.1. The van der Waals surface area contributed by atoms with E-state index in [1.54, 1.807) is 24.3 Å². The molecule has 1 unspecified atom stereocenters. The summed E-state index contributed by atoms with van der Waals surface area (Å²) >= 11 is 0. The van der Waals surface area contributed by atoms with Gasteiger partial charge in [-0.1, -0.05) is 18.2 Å². The average molecular weight is 423 g/mol. The van der Waals surface area contributed by atoms with Gasteiger partial charge in [0.1, 0.15) is 11.6 Å². The number of anilines is 1. The zero-order valence-corrected chi connectivity index (χ0v) is 17.3. The van der Waals surface area contributed by atoms with E-state index in [4.69, 9.17) is 0 Å². The van der Waals surface area contributed by atoms with Crippen molar-refractivity contribution in [1.29, 1.82) is 0 Å². The van der Waals surface area contributed by atoms with Gasteiger partial charge in [0.2, 0.25) is 11.8 Å². The van der Waals surface area contributed by atoms with Gasteiger partial charge in [0.05, 0.1) is 12.5 Å². The Balaban J connectivity index is 1.25. The third kappa shape index (κ3) is 5.30. The molecule has 162 valence electrons. The van der Waals surface area contributed by atoms with Crippen molar-refractivity contribution in [2.45, 2.75) is 12.8 Å². The Kier molecular flexibility index (Phi) is 6.32. The minimum absolute atomic E-state index is 0.0639. The first kappa shape index (κ1) is 21.1. The van der Waals surface area contributed by atoms with Gasteiger partial charge >= 0.3 is 0 Å². The molecule has 0 aromatic heterocycles. The molecule has 2 aliphatic rings. The van der Waals surface area contributed by atoms with Crippen LogP contribution < -0.4 is 5.32 Å². The van der Waals surface area contributed by atoms with E-state index in [2.05, 4.69) is 5.32 Å². The van der Waals surface area contributed by atoms with E-state index < -0.39 is 0 Å². The van der Waals surface area contributed by atoms with Gasteiger partial charge in [0.25, 0.3) is 0 Å². The van der Waals surface area contributed by atoms with E-state index >= 15 is 0 Å². The number of hydrogen-bond acceptors (Lipinski definition) is 4. The maximum absolute atomic E-state index is 13.1. The number of benzene rings is 2. The van der Waals surface area contributed by atoms with Gasteiger partial charge in [-0.3, -0.25) is 14.5 Å². The predicted octanol–water partition coefficient (Wildman–Crippen LogP) is 3.11. The molecular formula is C24H26FN3O3. The Hall–Kier alpha value is -3.19. The van der Waals surface area contributed by atoms with Gasteiger partial charge in [-0.25, -0.2) is 4.39 Å². The van der Waals surface area contributed by atoms with Crippen molar-refractivity contribution in [2.75, 3.05) is 38.0 Å². The number of carbonyl (C=O) groups excluding carboxylic acids is 2. The molecule has 1 saturated heterocycles. The van der Waals surface area contributed by atoms with Gasteiger partial charge in [0.15, 0.2) is 0 Å². The molecule has 2 heterocycles. The normalized spacial score (nSPS) is 19.2. The molecule has 4 rings (SSSR count).